The normalized spacial score (nSPS) is 12.2. The zero-order valence-corrected chi connectivity index (χ0v) is 15.4. The Morgan fingerprint density at radius 1 is 1.10 bits per heavy atom. The number of hydrogen-bond acceptors (Lipinski definition) is 2. The molecule has 0 aliphatic heterocycles. The van der Waals surface area contributed by atoms with Crippen molar-refractivity contribution < 1.29 is 4.74 Å². The molecular weight excluding hydrogens is 394 g/mol. The summed E-state index contributed by atoms with van der Waals surface area (Å²) in [7, 11) is 1.72. The summed E-state index contributed by atoms with van der Waals surface area (Å²) in [5.41, 5.74) is 2.49. The predicted molar refractivity (Wildman–Crippen MR) is 94.8 cm³/mol. The maximum atomic E-state index is 5.40. The van der Waals surface area contributed by atoms with Crippen LogP contribution in [0, 0.1) is 0 Å². The number of para-hydroxylation sites is 1. The summed E-state index contributed by atoms with van der Waals surface area (Å²) in [6.45, 7) is 3.04. The molecule has 0 saturated heterocycles. The summed E-state index contributed by atoms with van der Waals surface area (Å²) in [4.78, 5) is 0. The lowest BCUT2D eigenvalue weighted by Crippen LogP contribution is -2.27. The summed E-state index contributed by atoms with van der Waals surface area (Å²) in [5, 5.41) is 3.55. The molecule has 0 aliphatic carbocycles. The molecular formula is C17H19Br2NO. The van der Waals surface area contributed by atoms with E-state index in [1.807, 2.05) is 12.1 Å². The molecule has 0 aliphatic rings. The maximum Gasteiger partial charge on any atom is 0.122 e. The largest absolute Gasteiger partial charge is 0.496 e. The van der Waals surface area contributed by atoms with Crippen molar-refractivity contribution in [2.24, 2.45) is 0 Å². The highest BCUT2D eigenvalue weighted by Gasteiger charge is 2.08. The molecule has 0 aromatic heterocycles. The lowest BCUT2D eigenvalue weighted by atomic mass is 10.1. The Hall–Kier alpha value is -0.840. The second-order valence-electron chi connectivity index (χ2n) is 5.05. The van der Waals surface area contributed by atoms with Crippen LogP contribution < -0.4 is 10.1 Å². The quantitative estimate of drug-likeness (QED) is 0.725. The van der Waals surface area contributed by atoms with E-state index in [2.05, 4.69) is 74.4 Å². The van der Waals surface area contributed by atoms with Crippen LogP contribution in [0.5, 0.6) is 5.75 Å². The fraction of sp³-hybridized carbons (Fsp3) is 0.294. The first-order valence-electron chi connectivity index (χ1n) is 6.89. The second-order valence-corrected chi connectivity index (χ2v) is 6.76. The Morgan fingerprint density at radius 2 is 1.86 bits per heavy atom. The molecule has 2 rings (SSSR count). The fourth-order valence-electron chi connectivity index (χ4n) is 2.22. The van der Waals surface area contributed by atoms with Gasteiger partial charge in [-0.3, -0.25) is 0 Å². The van der Waals surface area contributed by atoms with Gasteiger partial charge < -0.3 is 10.1 Å². The van der Waals surface area contributed by atoms with Crippen molar-refractivity contribution in [2.45, 2.75) is 25.9 Å². The monoisotopic (exact) mass is 411 g/mol. The Balaban J connectivity index is 1.92. The summed E-state index contributed by atoms with van der Waals surface area (Å²) in [5.74, 6) is 0.956. The van der Waals surface area contributed by atoms with Crippen LogP contribution in [0.2, 0.25) is 0 Å². The number of halogens is 2. The molecule has 0 radical (unpaired) electrons. The summed E-state index contributed by atoms with van der Waals surface area (Å²) < 4.78 is 7.56. The van der Waals surface area contributed by atoms with E-state index in [0.29, 0.717) is 6.04 Å². The Morgan fingerprint density at radius 3 is 2.57 bits per heavy atom. The molecule has 1 unspecified atom stereocenters. The summed E-state index contributed by atoms with van der Waals surface area (Å²) in [6, 6.07) is 14.9. The molecule has 112 valence electrons. The standard InChI is InChI=1S/C17H19Br2NO/c1-12(9-14-5-3-4-6-17(14)21-2)20-11-13-7-8-15(18)16(19)10-13/h3-8,10,12,20H,9,11H2,1-2H3. The first-order chi connectivity index (χ1) is 10.1. The van der Waals surface area contributed by atoms with E-state index in [-0.39, 0.29) is 0 Å². The number of benzene rings is 2. The second kappa shape index (κ2) is 7.97. The summed E-state index contributed by atoms with van der Waals surface area (Å²) >= 11 is 7.02. The lowest BCUT2D eigenvalue weighted by molar-refractivity contribution is 0.406. The third kappa shape index (κ3) is 4.83. The average molecular weight is 413 g/mol. The van der Waals surface area contributed by atoms with Crippen LogP contribution in [0.3, 0.4) is 0 Å². The first kappa shape index (κ1) is 16.5. The van der Waals surface area contributed by atoms with E-state index in [0.717, 1.165) is 27.7 Å². The average Bonchev–Trinajstić information content (AvgIpc) is 2.49. The van der Waals surface area contributed by atoms with Crippen LogP contribution >= 0.6 is 31.9 Å². The molecule has 0 saturated carbocycles. The van der Waals surface area contributed by atoms with Gasteiger partial charge in [-0.15, -0.1) is 0 Å². The van der Waals surface area contributed by atoms with Gasteiger partial charge in [0.15, 0.2) is 0 Å². The number of hydrogen-bond donors (Lipinski definition) is 1. The van der Waals surface area contributed by atoms with E-state index in [1.54, 1.807) is 7.11 Å². The first-order valence-corrected chi connectivity index (χ1v) is 8.48. The van der Waals surface area contributed by atoms with Crippen molar-refractivity contribution in [3.63, 3.8) is 0 Å². The number of rotatable bonds is 6. The zero-order valence-electron chi connectivity index (χ0n) is 12.2. The minimum atomic E-state index is 0.378. The topological polar surface area (TPSA) is 21.3 Å². The minimum Gasteiger partial charge on any atom is -0.496 e. The molecule has 0 amide bonds. The van der Waals surface area contributed by atoms with Gasteiger partial charge in [0.1, 0.15) is 5.75 Å². The number of ether oxygens (including phenoxy) is 1. The summed E-state index contributed by atoms with van der Waals surface area (Å²) in [6.07, 6.45) is 0.946. The highest BCUT2D eigenvalue weighted by molar-refractivity contribution is 9.13. The van der Waals surface area contributed by atoms with Gasteiger partial charge in [0.2, 0.25) is 0 Å². The van der Waals surface area contributed by atoms with Crippen LogP contribution in [0.1, 0.15) is 18.1 Å². The fourth-order valence-corrected chi connectivity index (χ4v) is 2.89. The SMILES string of the molecule is COc1ccccc1CC(C)NCc1ccc(Br)c(Br)c1. The van der Waals surface area contributed by atoms with Gasteiger partial charge in [-0.2, -0.15) is 0 Å². The van der Waals surface area contributed by atoms with Crippen molar-refractivity contribution in [3.8, 4) is 5.75 Å². The highest BCUT2D eigenvalue weighted by Crippen LogP contribution is 2.24. The molecule has 1 N–H and O–H groups in total. The third-order valence-electron chi connectivity index (χ3n) is 3.36. The molecule has 0 spiro atoms. The molecule has 0 heterocycles. The zero-order chi connectivity index (χ0) is 15.2. The molecule has 0 fully saturated rings. The van der Waals surface area contributed by atoms with Gasteiger partial charge in [-0.25, -0.2) is 0 Å². The Kier molecular flexibility index (Phi) is 6.27. The third-order valence-corrected chi connectivity index (χ3v) is 5.24. The van der Waals surface area contributed by atoms with Gasteiger partial charge in [0.05, 0.1) is 7.11 Å². The van der Waals surface area contributed by atoms with E-state index in [9.17, 15) is 0 Å². The molecule has 0 bridgehead atoms. The van der Waals surface area contributed by atoms with Crippen molar-refractivity contribution in [1.82, 2.24) is 5.32 Å². The Bertz CT molecular complexity index is 601. The van der Waals surface area contributed by atoms with Crippen LogP contribution in [0.15, 0.2) is 51.4 Å². The highest BCUT2D eigenvalue weighted by atomic mass is 79.9. The minimum absolute atomic E-state index is 0.378. The van der Waals surface area contributed by atoms with Gasteiger partial charge in [-0.05, 0) is 74.5 Å². The van der Waals surface area contributed by atoms with E-state index in [1.165, 1.54) is 11.1 Å². The number of methoxy groups -OCH3 is 1. The maximum absolute atomic E-state index is 5.40. The molecule has 4 heteroatoms. The van der Waals surface area contributed by atoms with Gasteiger partial charge in [0, 0.05) is 21.5 Å². The van der Waals surface area contributed by atoms with Crippen molar-refractivity contribution >= 4 is 31.9 Å². The van der Waals surface area contributed by atoms with Gasteiger partial charge in [0.25, 0.3) is 0 Å². The van der Waals surface area contributed by atoms with Crippen molar-refractivity contribution in [1.29, 1.82) is 0 Å². The molecule has 1 atom stereocenters. The van der Waals surface area contributed by atoms with Crippen molar-refractivity contribution in [2.75, 3.05) is 7.11 Å². The predicted octanol–water partition coefficient (Wildman–Crippen LogP) is 4.94. The smallest absolute Gasteiger partial charge is 0.122 e. The van der Waals surface area contributed by atoms with Crippen LogP contribution in [0.4, 0.5) is 0 Å². The molecule has 2 aromatic carbocycles. The van der Waals surface area contributed by atoms with E-state index >= 15 is 0 Å². The number of nitrogens with one attached hydrogen (secondary N) is 1. The Labute approximate surface area is 143 Å². The van der Waals surface area contributed by atoms with Crippen LogP contribution in [-0.4, -0.2) is 13.2 Å². The van der Waals surface area contributed by atoms with Crippen LogP contribution in [-0.2, 0) is 13.0 Å². The molecule has 21 heavy (non-hydrogen) atoms. The molecule has 2 nitrogen and oxygen atoms in total. The van der Waals surface area contributed by atoms with Gasteiger partial charge in [-0.1, -0.05) is 24.3 Å². The lowest BCUT2D eigenvalue weighted by Gasteiger charge is -2.16. The van der Waals surface area contributed by atoms with Gasteiger partial charge >= 0.3 is 0 Å². The van der Waals surface area contributed by atoms with Crippen molar-refractivity contribution in [3.05, 3.63) is 62.5 Å². The van der Waals surface area contributed by atoms with E-state index < -0.39 is 0 Å². The van der Waals surface area contributed by atoms with E-state index in [4.69, 9.17) is 4.74 Å². The molecule has 2 aromatic rings. The van der Waals surface area contributed by atoms with Crippen LogP contribution in [0.25, 0.3) is 0 Å².